The Labute approximate surface area is 98.2 Å². The number of alkyl halides is 5. The van der Waals surface area contributed by atoms with Gasteiger partial charge in [-0.05, 0) is 12.1 Å². The monoisotopic (exact) mass is 269 g/mol. The summed E-state index contributed by atoms with van der Waals surface area (Å²) in [4.78, 5) is 11.3. The summed E-state index contributed by atoms with van der Waals surface area (Å²) in [5.41, 5.74) is -4.85. The minimum absolute atomic E-state index is 0.277. The van der Waals surface area contributed by atoms with Crippen molar-refractivity contribution < 1.29 is 31.9 Å². The molecule has 8 heteroatoms. The lowest BCUT2D eigenvalue weighted by atomic mass is 10.1. The smallest absolute Gasteiger partial charge is 0.359 e. The standard InChI is InChI=1S/C10H8F5NO2/c11-8(12)9(18,10(13,14)15)16-7(17)6-4-2-1-3-5-6/h1-5,8,18H,(H,16,17). The van der Waals surface area contributed by atoms with E-state index in [9.17, 15) is 26.7 Å². The van der Waals surface area contributed by atoms with E-state index in [1.54, 1.807) is 0 Å². The van der Waals surface area contributed by atoms with Gasteiger partial charge < -0.3 is 10.4 Å². The van der Waals surface area contributed by atoms with Gasteiger partial charge in [-0.2, -0.15) is 13.2 Å². The lowest BCUT2D eigenvalue weighted by Crippen LogP contribution is -2.63. The largest absolute Gasteiger partial charge is 0.442 e. The zero-order chi connectivity index (χ0) is 14.0. The number of carbonyl (C=O) groups is 1. The van der Waals surface area contributed by atoms with Gasteiger partial charge in [-0.25, -0.2) is 8.78 Å². The highest BCUT2D eigenvalue weighted by atomic mass is 19.4. The highest BCUT2D eigenvalue weighted by molar-refractivity contribution is 5.94. The van der Waals surface area contributed by atoms with Crippen LogP contribution in [0, 0.1) is 0 Å². The third kappa shape index (κ3) is 2.76. The minimum atomic E-state index is -5.69. The molecule has 1 rings (SSSR count). The maximum Gasteiger partial charge on any atom is 0.442 e. The molecule has 2 N–H and O–H groups in total. The Morgan fingerprint density at radius 1 is 1.17 bits per heavy atom. The van der Waals surface area contributed by atoms with Gasteiger partial charge >= 0.3 is 6.18 Å². The first-order valence-corrected chi connectivity index (χ1v) is 4.63. The summed E-state index contributed by atoms with van der Waals surface area (Å²) in [6.45, 7) is 0. The molecule has 3 nitrogen and oxygen atoms in total. The second kappa shape index (κ2) is 4.89. The molecule has 1 aromatic rings. The fraction of sp³-hybridized carbons (Fsp3) is 0.300. The van der Waals surface area contributed by atoms with Crippen molar-refractivity contribution in [3.8, 4) is 0 Å². The molecule has 0 saturated heterocycles. The van der Waals surface area contributed by atoms with E-state index < -0.39 is 24.2 Å². The Bertz CT molecular complexity index is 420. The molecule has 0 radical (unpaired) electrons. The van der Waals surface area contributed by atoms with Gasteiger partial charge in [0, 0.05) is 5.56 Å². The van der Waals surface area contributed by atoms with E-state index in [1.807, 2.05) is 0 Å². The number of rotatable bonds is 3. The number of aliphatic hydroxyl groups is 1. The van der Waals surface area contributed by atoms with Crippen molar-refractivity contribution in [3.05, 3.63) is 35.9 Å². The number of amides is 1. The first-order valence-electron chi connectivity index (χ1n) is 4.63. The summed E-state index contributed by atoms with van der Waals surface area (Å²) in [5.74, 6) is -1.45. The minimum Gasteiger partial charge on any atom is -0.359 e. The molecule has 0 bridgehead atoms. The van der Waals surface area contributed by atoms with Crippen LogP contribution in [0.2, 0.25) is 0 Å². The van der Waals surface area contributed by atoms with Gasteiger partial charge in [-0.3, -0.25) is 4.79 Å². The third-order valence-electron chi connectivity index (χ3n) is 2.09. The first-order chi connectivity index (χ1) is 8.18. The van der Waals surface area contributed by atoms with Gasteiger partial charge in [0.2, 0.25) is 0 Å². The Morgan fingerprint density at radius 3 is 2.06 bits per heavy atom. The van der Waals surface area contributed by atoms with Gasteiger partial charge in [-0.15, -0.1) is 0 Å². The van der Waals surface area contributed by atoms with Crippen molar-refractivity contribution >= 4 is 5.91 Å². The van der Waals surface area contributed by atoms with Crippen molar-refractivity contribution in [2.75, 3.05) is 0 Å². The van der Waals surface area contributed by atoms with Crippen LogP contribution in [0.15, 0.2) is 30.3 Å². The summed E-state index contributed by atoms with van der Waals surface area (Å²) in [6, 6.07) is 6.41. The second-order valence-electron chi connectivity index (χ2n) is 3.38. The van der Waals surface area contributed by atoms with Gasteiger partial charge in [0.15, 0.2) is 0 Å². The third-order valence-corrected chi connectivity index (χ3v) is 2.09. The van der Waals surface area contributed by atoms with Crippen LogP contribution in [0.4, 0.5) is 22.0 Å². The topological polar surface area (TPSA) is 49.3 Å². The zero-order valence-corrected chi connectivity index (χ0v) is 8.71. The number of hydrogen-bond acceptors (Lipinski definition) is 2. The molecule has 0 spiro atoms. The van der Waals surface area contributed by atoms with Crippen LogP contribution < -0.4 is 5.32 Å². The molecule has 1 aromatic carbocycles. The van der Waals surface area contributed by atoms with E-state index in [1.165, 1.54) is 18.2 Å². The second-order valence-corrected chi connectivity index (χ2v) is 3.38. The predicted molar refractivity (Wildman–Crippen MR) is 50.9 cm³/mol. The molecule has 0 saturated carbocycles. The van der Waals surface area contributed by atoms with Crippen molar-refractivity contribution in [1.82, 2.24) is 5.32 Å². The Kier molecular flexibility index (Phi) is 3.90. The SMILES string of the molecule is O=C(NC(O)(C(F)F)C(F)(F)F)c1ccccc1. The molecule has 0 aromatic heterocycles. The number of benzene rings is 1. The first kappa shape index (κ1) is 14.4. The average Bonchev–Trinajstić information content (AvgIpc) is 2.28. The normalized spacial score (nSPS) is 15.3. The maximum atomic E-state index is 12.3. The summed E-state index contributed by atoms with van der Waals surface area (Å²) in [6.07, 6.45) is -9.89. The molecule has 1 unspecified atom stereocenters. The Hall–Kier alpha value is -1.70. The van der Waals surface area contributed by atoms with Gasteiger partial charge in [0.1, 0.15) is 0 Å². The molecular weight excluding hydrogens is 261 g/mol. The van der Waals surface area contributed by atoms with Crippen LogP contribution in [-0.4, -0.2) is 29.3 Å². The van der Waals surface area contributed by atoms with Gasteiger partial charge in [0.05, 0.1) is 0 Å². The quantitative estimate of drug-likeness (QED) is 0.650. The molecule has 0 aliphatic carbocycles. The van der Waals surface area contributed by atoms with Crippen LogP contribution in [0.5, 0.6) is 0 Å². The summed E-state index contributed by atoms with van der Waals surface area (Å²) < 4.78 is 61.4. The summed E-state index contributed by atoms with van der Waals surface area (Å²) >= 11 is 0. The van der Waals surface area contributed by atoms with Crippen LogP contribution in [0.1, 0.15) is 10.4 Å². The Balaban J connectivity index is 2.97. The molecule has 1 atom stereocenters. The molecule has 18 heavy (non-hydrogen) atoms. The van der Waals surface area contributed by atoms with Crippen LogP contribution in [0.3, 0.4) is 0 Å². The molecule has 0 aliphatic heterocycles. The average molecular weight is 269 g/mol. The van der Waals surface area contributed by atoms with E-state index in [0.29, 0.717) is 0 Å². The number of nitrogens with one attached hydrogen (secondary N) is 1. The highest BCUT2D eigenvalue weighted by Crippen LogP contribution is 2.33. The molecule has 0 heterocycles. The highest BCUT2D eigenvalue weighted by Gasteiger charge is 2.62. The van der Waals surface area contributed by atoms with Crippen molar-refractivity contribution in [3.63, 3.8) is 0 Å². The molecular formula is C10H8F5NO2. The van der Waals surface area contributed by atoms with Crippen LogP contribution in [-0.2, 0) is 0 Å². The lowest BCUT2D eigenvalue weighted by Gasteiger charge is -2.30. The van der Waals surface area contributed by atoms with E-state index >= 15 is 0 Å². The molecule has 100 valence electrons. The van der Waals surface area contributed by atoms with Gasteiger partial charge in [0.25, 0.3) is 18.1 Å². The fourth-order valence-corrected chi connectivity index (χ4v) is 1.08. The Morgan fingerprint density at radius 2 is 1.67 bits per heavy atom. The van der Waals surface area contributed by atoms with Crippen molar-refractivity contribution in [2.45, 2.75) is 18.3 Å². The maximum absolute atomic E-state index is 12.3. The van der Waals surface area contributed by atoms with Crippen molar-refractivity contribution in [1.29, 1.82) is 0 Å². The summed E-state index contributed by atoms with van der Waals surface area (Å²) in [7, 11) is 0. The number of halogens is 5. The zero-order valence-electron chi connectivity index (χ0n) is 8.71. The van der Waals surface area contributed by atoms with E-state index in [0.717, 1.165) is 17.4 Å². The summed E-state index contributed by atoms with van der Waals surface area (Å²) in [5, 5.41) is 9.74. The van der Waals surface area contributed by atoms with Gasteiger partial charge in [-0.1, -0.05) is 18.2 Å². The predicted octanol–water partition coefficient (Wildman–Crippen LogP) is 1.93. The van der Waals surface area contributed by atoms with Crippen molar-refractivity contribution in [2.24, 2.45) is 0 Å². The van der Waals surface area contributed by atoms with E-state index in [4.69, 9.17) is 5.11 Å². The van der Waals surface area contributed by atoms with E-state index in [2.05, 4.69) is 0 Å². The molecule has 0 aliphatic rings. The number of carbonyl (C=O) groups excluding carboxylic acids is 1. The van der Waals surface area contributed by atoms with Crippen LogP contribution >= 0.6 is 0 Å². The molecule has 1 amide bonds. The van der Waals surface area contributed by atoms with E-state index in [-0.39, 0.29) is 5.56 Å². The van der Waals surface area contributed by atoms with Crippen LogP contribution in [0.25, 0.3) is 0 Å². The fourth-order valence-electron chi connectivity index (χ4n) is 1.08. The lowest BCUT2D eigenvalue weighted by molar-refractivity contribution is -0.305. The number of hydrogen-bond donors (Lipinski definition) is 2. The molecule has 0 fully saturated rings.